The molecular formula is C18H25N3O3S. The maximum atomic E-state index is 13.0. The number of carbonyl (C=O) groups is 1. The van der Waals surface area contributed by atoms with E-state index in [-0.39, 0.29) is 18.6 Å². The Labute approximate surface area is 152 Å². The Morgan fingerprint density at radius 3 is 3.00 bits per heavy atom. The van der Waals surface area contributed by atoms with Gasteiger partial charge < -0.3 is 14.4 Å². The number of aliphatic hydroxyl groups excluding tert-OH is 1. The number of thiazole rings is 1. The molecule has 0 bridgehead atoms. The number of piperazine rings is 1. The average molecular weight is 363 g/mol. The molecule has 3 rings (SSSR count). The molecule has 2 aromatic rings. The van der Waals surface area contributed by atoms with Gasteiger partial charge in [-0.3, -0.25) is 9.69 Å². The topological polar surface area (TPSA) is 69.8 Å². The fourth-order valence-corrected chi connectivity index (χ4v) is 4.31. The molecule has 2 aromatic heterocycles. The van der Waals surface area contributed by atoms with Crippen LogP contribution in [0.4, 0.5) is 0 Å². The molecule has 7 heteroatoms. The third-order valence-electron chi connectivity index (χ3n) is 4.63. The van der Waals surface area contributed by atoms with Crippen LogP contribution in [0.5, 0.6) is 0 Å². The van der Waals surface area contributed by atoms with Gasteiger partial charge in [0.25, 0.3) is 5.91 Å². The molecule has 1 unspecified atom stereocenters. The third-order valence-corrected chi connectivity index (χ3v) is 5.63. The zero-order chi connectivity index (χ0) is 17.8. The minimum absolute atomic E-state index is 0.0723. The SMILES string of the molecule is CCc1nc(C)sc1C(=O)N1CCN(Cc2ccco2)C(CCO)C1. The van der Waals surface area contributed by atoms with Crippen LogP contribution in [0.2, 0.25) is 0 Å². The highest BCUT2D eigenvalue weighted by Gasteiger charge is 2.31. The van der Waals surface area contributed by atoms with Gasteiger partial charge in [-0.05, 0) is 31.9 Å². The van der Waals surface area contributed by atoms with Crippen molar-refractivity contribution >= 4 is 17.2 Å². The molecule has 1 saturated heterocycles. The predicted octanol–water partition coefficient (Wildman–Crippen LogP) is 2.32. The molecule has 0 aromatic carbocycles. The lowest BCUT2D eigenvalue weighted by atomic mass is 10.1. The largest absolute Gasteiger partial charge is 0.468 e. The van der Waals surface area contributed by atoms with E-state index in [2.05, 4.69) is 9.88 Å². The summed E-state index contributed by atoms with van der Waals surface area (Å²) < 4.78 is 5.45. The summed E-state index contributed by atoms with van der Waals surface area (Å²) in [5.74, 6) is 0.983. The lowest BCUT2D eigenvalue weighted by molar-refractivity contribution is 0.0375. The van der Waals surface area contributed by atoms with Crippen LogP contribution in [0.15, 0.2) is 22.8 Å². The molecule has 1 fully saturated rings. The Morgan fingerprint density at radius 1 is 1.48 bits per heavy atom. The standard InChI is InChI=1S/C18H25N3O3S/c1-3-16-17(25-13(2)19-16)18(23)21-8-7-20(14(11-21)6-9-22)12-15-5-4-10-24-15/h4-5,10,14,22H,3,6-9,11-12H2,1-2H3. The molecular weight excluding hydrogens is 338 g/mol. The van der Waals surface area contributed by atoms with E-state index in [4.69, 9.17) is 4.42 Å². The molecule has 6 nitrogen and oxygen atoms in total. The van der Waals surface area contributed by atoms with Crippen LogP contribution in [-0.4, -0.2) is 58.1 Å². The van der Waals surface area contributed by atoms with E-state index >= 15 is 0 Å². The minimum Gasteiger partial charge on any atom is -0.468 e. The van der Waals surface area contributed by atoms with Crippen molar-refractivity contribution in [1.29, 1.82) is 0 Å². The fourth-order valence-electron chi connectivity index (χ4n) is 3.33. The Kier molecular flexibility index (Phi) is 5.88. The molecule has 25 heavy (non-hydrogen) atoms. The summed E-state index contributed by atoms with van der Waals surface area (Å²) in [7, 11) is 0. The quantitative estimate of drug-likeness (QED) is 0.853. The first-order chi connectivity index (χ1) is 12.1. The van der Waals surface area contributed by atoms with Crippen LogP contribution >= 0.6 is 11.3 Å². The number of amides is 1. The van der Waals surface area contributed by atoms with E-state index in [0.29, 0.717) is 26.1 Å². The van der Waals surface area contributed by atoms with E-state index < -0.39 is 0 Å². The average Bonchev–Trinajstić information content (AvgIpc) is 3.25. The number of aromatic nitrogens is 1. The van der Waals surface area contributed by atoms with Crippen LogP contribution in [0, 0.1) is 6.92 Å². The van der Waals surface area contributed by atoms with Gasteiger partial charge in [-0.25, -0.2) is 4.98 Å². The van der Waals surface area contributed by atoms with Crippen molar-refractivity contribution in [3.8, 4) is 0 Å². The lowest BCUT2D eigenvalue weighted by Crippen LogP contribution is -2.54. The second kappa shape index (κ2) is 8.12. The Hall–Kier alpha value is -1.70. The Morgan fingerprint density at radius 2 is 2.32 bits per heavy atom. The van der Waals surface area contributed by atoms with Crippen molar-refractivity contribution in [3.05, 3.63) is 39.7 Å². The minimum atomic E-state index is 0.0723. The molecule has 0 radical (unpaired) electrons. The van der Waals surface area contributed by atoms with Crippen LogP contribution in [-0.2, 0) is 13.0 Å². The van der Waals surface area contributed by atoms with Crippen molar-refractivity contribution in [1.82, 2.24) is 14.8 Å². The van der Waals surface area contributed by atoms with E-state index in [1.54, 1.807) is 6.26 Å². The smallest absolute Gasteiger partial charge is 0.265 e. The Bertz CT molecular complexity index is 698. The van der Waals surface area contributed by atoms with Gasteiger partial charge in [0.05, 0.1) is 23.5 Å². The van der Waals surface area contributed by atoms with Crippen molar-refractivity contribution in [2.24, 2.45) is 0 Å². The highest BCUT2D eigenvalue weighted by atomic mass is 32.1. The molecule has 1 aliphatic rings. The molecule has 1 atom stereocenters. The summed E-state index contributed by atoms with van der Waals surface area (Å²) in [5, 5.41) is 10.4. The van der Waals surface area contributed by atoms with E-state index in [0.717, 1.165) is 34.3 Å². The monoisotopic (exact) mass is 363 g/mol. The zero-order valence-corrected chi connectivity index (χ0v) is 15.6. The summed E-state index contributed by atoms with van der Waals surface area (Å²) in [6.45, 7) is 6.87. The predicted molar refractivity (Wildman–Crippen MR) is 96.7 cm³/mol. The summed E-state index contributed by atoms with van der Waals surface area (Å²) in [4.78, 5) is 22.4. The first kappa shape index (κ1) is 18.1. The normalized spacial score (nSPS) is 18.7. The van der Waals surface area contributed by atoms with Gasteiger partial charge in [0.15, 0.2) is 0 Å². The maximum Gasteiger partial charge on any atom is 0.265 e. The molecule has 136 valence electrons. The molecule has 1 aliphatic heterocycles. The zero-order valence-electron chi connectivity index (χ0n) is 14.8. The van der Waals surface area contributed by atoms with Crippen LogP contribution in [0.3, 0.4) is 0 Å². The van der Waals surface area contributed by atoms with Crippen molar-refractivity contribution in [2.45, 2.75) is 39.3 Å². The summed E-state index contributed by atoms with van der Waals surface area (Å²) in [6, 6.07) is 3.97. The van der Waals surface area contributed by atoms with Gasteiger partial charge in [-0.1, -0.05) is 6.92 Å². The van der Waals surface area contributed by atoms with Gasteiger partial charge in [0.2, 0.25) is 0 Å². The van der Waals surface area contributed by atoms with Gasteiger partial charge in [-0.2, -0.15) is 0 Å². The summed E-state index contributed by atoms with van der Waals surface area (Å²) in [6.07, 6.45) is 3.09. The number of nitrogens with zero attached hydrogens (tertiary/aromatic N) is 3. The lowest BCUT2D eigenvalue weighted by Gasteiger charge is -2.41. The van der Waals surface area contributed by atoms with Gasteiger partial charge in [0, 0.05) is 32.3 Å². The molecule has 1 amide bonds. The fraction of sp³-hybridized carbons (Fsp3) is 0.556. The van der Waals surface area contributed by atoms with Crippen molar-refractivity contribution in [3.63, 3.8) is 0 Å². The molecule has 0 aliphatic carbocycles. The van der Waals surface area contributed by atoms with Gasteiger partial charge in [0.1, 0.15) is 10.6 Å². The number of carbonyl (C=O) groups excluding carboxylic acids is 1. The molecule has 0 saturated carbocycles. The molecule has 3 heterocycles. The van der Waals surface area contributed by atoms with Crippen molar-refractivity contribution in [2.75, 3.05) is 26.2 Å². The maximum absolute atomic E-state index is 13.0. The number of rotatable bonds is 6. The van der Waals surface area contributed by atoms with E-state index in [1.165, 1.54) is 11.3 Å². The third kappa shape index (κ3) is 4.11. The van der Waals surface area contributed by atoms with Crippen LogP contribution < -0.4 is 0 Å². The van der Waals surface area contributed by atoms with Gasteiger partial charge in [-0.15, -0.1) is 11.3 Å². The van der Waals surface area contributed by atoms with Gasteiger partial charge >= 0.3 is 0 Å². The molecule has 1 N–H and O–H groups in total. The van der Waals surface area contributed by atoms with Crippen LogP contribution in [0.1, 0.15) is 39.5 Å². The van der Waals surface area contributed by atoms with E-state index in [9.17, 15) is 9.90 Å². The highest BCUT2D eigenvalue weighted by Crippen LogP contribution is 2.23. The number of furan rings is 1. The number of aliphatic hydroxyl groups is 1. The second-order valence-corrected chi connectivity index (χ2v) is 7.53. The first-order valence-electron chi connectivity index (χ1n) is 8.75. The van der Waals surface area contributed by atoms with Crippen LogP contribution in [0.25, 0.3) is 0 Å². The number of hydrogen-bond acceptors (Lipinski definition) is 6. The second-order valence-electron chi connectivity index (χ2n) is 6.33. The molecule has 0 spiro atoms. The highest BCUT2D eigenvalue weighted by molar-refractivity contribution is 7.13. The van der Waals surface area contributed by atoms with E-state index in [1.807, 2.05) is 30.9 Å². The first-order valence-corrected chi connectivity index (χ1v) is 9.56. The number of hydrogen-bond donors (Lipinski definition) is 1. The Balaban J connectivity index is 1.71. The summed E-state index contributed by atoms with van der Waals surface area (Å²) in [5.41, 5.74) is 0.893. The summed E-state index contributed by atoms with van der Waals surface area (Å²) >= 11 is 1.48. The van der Waals surface area contributed by atoms with Crippen molar-refractivity contribution < 1.29 is 14.3 Å². The number of aryl methyl sites for hydroxylation is 2.